The number of hydrogen-bond acceptors (Lipinski definition) is 7. The van der Waals surface area contributed by atoms with Gasteiger partial charge in [0.25, 0.3) is 5.91 Å². The lowest BCUT2D eigenvalue weighted by atomic mass is 10.2. The highest BCUT2D eigenvalue weighted by molar-refractivity contribution is 7.91. The molecule has 7 nitrogen and oxygen atoms in total. The van der Waals surface area contributed by atoms with Gasteiger partial charge in [0, 0.05) is 19.1 Å². The minimum absolute atomic E-state index is 0.0103. The molecule has 21 heavy (non-hydrogen) atoms. The highest BCUT2D eigenvalue weighted by Gasteiger charge is 2.30. The van der Waals surface area contributed by atoms with Crippen LogP contribution in [0.4, 0.5) is 10.9 Å². The molecule has 9 heteroatoms. The van der Waals surface area contributed by atoms with Gasteiger partial charge < -0.3 is 16.0 Å². The van der Waals surface area contributed by atoms with Crippen LogP contribution in [-0.4, -0.2) is 49.9 Å². The molecule has 0 aromatic carbocycles. The fourth-order valence-corrected chi connectivity index (χ4v) is 5.30. The van der Waals surface area contributed by atoms with Gasteiger partial charge in [-0.1, -0.05) is 11.3 Å². The SMILES string of the molecule is Nc1nc(N2CCCC2)sc1C(=O)NC1CCS(=O)(=O)C1. The summed E-state index contributed by atoms with van der Waals surface area (Å²) in [6, 6.07) is -0.320. The summed E-state index contributed by atoms with van der Waals surface area (Å²) >= 11 is 1.28. The lowest BCUT2D eigenvalue weighted by Crippen LogP contribution is -2.35. The van der Waals surface area contributed by atoms with Gasteiger partial charge in [-0.15, -0.1) is 0 Å². The van der Waals surface area contributed by atoms with E-state index in [0.717, 1.165) is 31.1 Å². The molecule has 1 aromatic heterocycles. The van der Waals surface area contributed by atoms with Crippen LogP contribution < -0.4 is 16.0 Å². The number of nitrogens with zero attached hydrogens (tertiary/aromatic N) is 2. The number of amides is 1. The summed E-state index contributed by atoms with van der Waals surface area (Å²) in [7, 11) is -3.01. The van der Waals surface area contributed by atoms with E-state index in [1.54, 1.807) is 0 Å². The molecule has 2 aliphatic heterocycles. The first kappa shape index (κ1) is 14.6. The lowest BCUT2D eigenvalue weighted by Gasteiger charge is -2.12. The van der Waals surface area contributed by atoms with Crippen LogP contribution in [0.5, 0.6) is 0 Å². The van der Waals surface area contributed by atoms with Gasteiger partial charge in [-0.05, 0) is 19.3 Å². The van der Waals surface area contributed by atoms with E-state index in [4.69, 9.17) is 5.73 Å². The van der Waals surface area contributed by atoms with Crippen LogP contribution in [0.3, 0.4) is 0 Å². The second kappa shape index (κ2) is 5.45. The van der Waals surface area contributed by atoms with Crippen molar-refractivity contribution in [1.29, 1.82) is 0 Å². The molecule has 3 rings (SSSR count). The third kappa shape index (κ3) is 3.13. The molecule has 3 N–H and O–H groups in total. The summed E-state index contributed by atoms with van der Waals surface area (Å²) in [6.45, 7) is 1.88. The fourth-order valence-electron chi connectivity index (χ4n) is 2.69. The summed E-state index contributed by atoms with van der Waals surface area (Å²) in [4.78, 5) is 19.0. The van der Waals surface area contributed by atoms with E-state index in [-0.39, 0.29) is 29.3 Å². The van der Waals surface area contributed by atoms with Gasteiger partial charge in [-0.25, -0.2) is 13.4 Å². The van der Waals surface area contributed by atoms with Crippen LogP contribution in [-0.2, 0) is 9.84 Å². The topological polar surface area (TPSA) is 105 Å². The molecule has 0 radical (unpaired) electrons. The number of hydrogen-bond donors (Lipinski definition) is 2. The zero-order valence-corrected chi connectivity index (χ0v) is 13.2. The normalized spacial score (nSPS) is 24.4. The standard InChI is InChI=1S/C12H18N4O3S2/c13-10-9(20-12(15-10)16-4-1-2-5-16)11(17)14-8-3-6-21(18,19)7-8/h8H,1-7,13H2,(H,14,17). The molecule has 2 saturated heterocycles. The highest BCUT2D eigenvalue weighted by atomic mass is 32.2. The summed E-state index contributed by atoms with van der Waals surface area (Å²) in [5, 5.41) is 3.52. The third-order valence-electron chi connectivity index (χ3n) is 3.79. The molecule has 0 bridgehead atoms. The second-order valence-electron chi connectivity index (χ2n) is 5.48. The molecule has 1 amide bonds. The Bertz CT molecular complexity index is 649. The van der Waals surface area contributed by atoms with E-state index in [1.165, 1.54) is 11.3 Å². The minimum Gasteiger partial charge on any atom is -0.382 e. The molecule has 0 aliphatic carbocycles. The first-order valence-corrected chi connectivity index (χ1v) is 9.61. The van der Waals surface area contributed by atoms with Crippen LogP contribution in [0.2, 0.25) is 0 Å². The van der Waals surface area contributed by atoms with E-state index < -0.39 is 9.84 Å². The number of nitrogens with two attached hydrogens (primary N) is 1. The smallest absolute Gasteiger partial charge is 0.265 e. The lowest BCUT2D eigenvalue weighted by molar-refractivity contribution is 0.0946. The molecule has 116 valence electrons. The van der Waals surface area contributed by atoms with Crippen LogP contribution in [0.1, 0.15) is 28.9 Å². The Kier molecular flexibility index (Phi) is 3.78. The van der Waals surface area contributed by atoms with Crippen molar-refractivity contribution in [3.63, 3.8) is 0 Å². The van der Waals surface area contributed by atoms with E-state index in [0.29, 0.717) is 11.3 Å². The highest BCUT2D eigenvalue weighted by Crippen LogP contribution is 2.30. The fraction of sp³-hybridized carbons (Fsp3) is 0.667. The number of nitrogen functional groups attached to an aromatic ring is 1. The van der Waals surface area contributed by atoms with Crippen molar-refractivity contribution in [2.24, 2.45) is 0 Å². The van der Waals surface area contributed by atoms with Crippen LogP contribution >= 0.6 is 11.3 Å². The van der Waals surface area contributed by atoms with Gasteiger partial charge >= 0.3 is 0 Å². The van der Waals surface area contributed by atoms with Crippen molar-refractivity contribution < 1.29 is 13.2 Å². The van der Waals surface area contributed by atoms with Crippen molar-refractivity contribution in [3.05, 3.63) is 4.88 Å². The first-order chi connectivity index (χ1) is 9.94. The van der Waals surface area contributed by atoms with E-state index >= 15 is 0 Å². The van der Waals surface area contributed by atoms with Gasteiger partial charge in [-0.2, -0.15) is 0 Å². The first-order valence-electron chi connectivity index (χ1n) is 6.97. The summed E-state index contributed by atoms with van der Waals surface area (Å²) in [6.07, 6.45) is 2.72. The number of aromatic nitrogens is 1. The van der Waals surface area contributed by atoms with Gasteiger partial charge in [0.1, 0.15) is 10.7 Å². The Labute approximate surface area is 127 Å². The predicted molar refractivity (Wildman–Crippen MR) is 82.5 cm³/mol. The maximum absolute atomic E-state index is 12.2. The molecule has 3 heterocycles. The Morgan fingerprint density at radius 2 is 2.10 bits per heavy atom. The third-order valence-corrected chi connectivity index (χ3v) is 6.69. The van der Waals surface area contributed by atoms with E-state index in [2.05, 4.69) is 15.2 Å². The number of carbonyl (C=O) groups is 1. The quantitative estimate of drug-likeness (QED) is 0.822. The van der Waals surface area contributed by atoms with E-state index in [9.17, 15) is 13.2 Å². The molecular weight excluding hydrogens is 312 g/mol. The molecular formula is C12H18N4O3S2. The van der Waals surface area contributed by atoms with Gasteiger partial charge in [0.15, 0.2) is 15.0 Å². The molecule has 0 saturated carbocycles. The maximum atomic E-state index is 12.2. The molecule has 0 spiro atoms. The molecule has 2 fully saturated rings. The Hall–Kier alpha value is -1.35. The average molecular weight is 330 g/mol. The molecule has 1 aromatic rings. The summed E-state index contributed by atoms with van der Waals surface area (Å²) < 4.78 is 22.8. The van der Waals surface area contributed by atoms with Gasteiger partial charge in [-0.3, -0.25) is 4.79 Å². The van der Waals surface area contributed by atoms with Crippen LogP contribution in [0.25, 0.3) is 0 Å². The zero-order valence-electron chi connectivity index (χ0n) is 11.5. The van der Waals surface area contributed by atoms with Crippen LogP contribution in [0, 0.1) is 0 Å². The van der Waals surface area contributed by atoms with Gasteiger partial charge in [0.05, 0.1) is 11.5 Å². The number of carbonyl (C=O) groups excluding carboxylic acids is 1. The Morgan fingerprint density at radius 1 is 1.38 bits per heavy atom. The van der Waals surface area contributed by atoms with Crippen molar-refractivity contribution in [1.82, 2.24) is 10.3 Å². The van der Waals surface area contributed by atoms with E-state index in [1.807, 2.05) is 0 Å². The number of anilines is 2. The molecule has 1 unspecified atom stereocenters. The van der Waals surface area contributed by atoms with Crippen molar-refractivity contribution in [2.45, 2.75) is 25.3 Å². The van der Waals surface area contributed by atoms with Crippen molar-refractivity contribution >= 4 is 38.0 Å². The minimum atomic E-state index is -3.01. The van der Waals surface area contributed by atoms with Gasteiger partial charge in [0.2, 0.25) is 0 Å². The summed E-state index contributed by atoms with van der Waals surface area (Å²) in [5.41, 5.74) is 5.83. The second-order valence-corrected chi connectivity index (χ2v) is 8.68. The molecule has 1 atom stereocenters. The Balaban J connectivity index is 1.70. The molecule has 2 aliphatic rings. The maximum Gasteiger partial charge on any atom is 0.265 e. The Morgan fingerprint density at radius 3 is 2.71 bits per heavy atom. The number of sulfone groups is 1. The van der Waals surface area contributed by atoms with Crippen molar-refractivity contribution in [2.75, 3.05) is 35.2 Å². The average Bonchev–Trinajstić information content (AvgIpc) is 3.09. The van der Waals surface area contributed by atoms with Crippen LogP contribution in [0.15, 0.2) is 0 Å². The summed E-state index contributed by atoms with van der Waals surface area (Å²) in [5.74, 6) is 0.0452. The zero-order chi connectivity index (χ0) is 15.0. The number of thiazole rings is 1. The number of rotatable bonds is 3. The monoisotopic (exact) mass is 330 g/mol. The number of nitrogens with one attached hydrogen (secondary N) is 1. The predicted octanol–water partition coefficient (Wildman–Crippen LogP) is 0.242. The van der Waals surface area contributed by atoms with Crippen molar-refractivity contribution in [3.8, 4) is 0 Å². The largest absolute Gasteiger partial charge is 0.382 e.